The molecule has 144 valence electrons. The molecular formula is C18H26ClN3O4. The van der Waals surface area contributed by atoms with E-state index in [9.17, 15) is 9.59 Å². The molecule has 2 saturated heterocycles. The summed E-state index contributed by atoms with van der Waals surface area (Å²) in [5, 5.41) is 6.21. The van der Waals surface area contributed by atoms with Gasteiger partial charge in [0.2, 0.25) is 11.8 Å². The number of morpholine rings is 1. The largest absolute Gasteiger partial charge is 0.492 e. The van der Waals surface area contributed by atoms with Gasteiger partial charge in [0.1, 0.15) is 12.4 Å². The van der Waals surface area contributed by atoms with Crippen molar-refractivity contribution in [1.29, 1.82) is 0 Å². The third-order valence-corrected chi connectivity index (χ3v) is 4.38. The molecule has 0 bridgehead atoms. The second-order valence-electron chi connectivity index (χ2n) is 6.40. The fourth-order valence-corrected chi connectivity index (χ4v) is 3.14. The van der Waals surface area contributed by atoms with Crippen molar-refractivity contribution >= 4 is 24.2 Å². The highest BCUT2D eigenvalue weighted by Gasteiger charge is 2.30. The van der Waals surface area contributed by atoms with E-state index in [2.05, 4.69) is 10.6 Å². The van der Waals surface area contributed by atoms with Crippen LogP contribution in [0.3, 0.4) is 0 Å². The van der Waals surface area contributed by atoms with Gasteiger partial charge in [-0.1, -0.05) is 18.2 Å². The molecule has 1 aromatic carbocycles. The Hall–Kier alpha value is -1.83. The predicted molar refractivity (Wildman–Crippen MR) is 99.5 cm³/mol. The standard InChI is InChI=1S/C18H25N3O4.ClH/c22-17(10-15-13-24-8-6-19-15)20-14-11-18(23)21(12-14)7-9-25-16-4-2-1-3-5-16;/h1-5,14-15,19H,6-13H2,(H,20,22);1H. The number of amides is 2. The van der Waals surface area contributed by atoms with E-state index < -0.39 is 0 Å². The van der Waals surface area contributed by atoms with Gasteiger partial charge in [-0.2, -0.15) is 0 Å². The van der Waals surface area contributed by atoms with Crippen molar-refractivity contribution in [3.05, 3.63) is 30.3 Å². The molecule has 0 saturated carbocycles. The summed E-state index contributed by atoms with van der Waals surface area (Å²) in [6.45, 7) is 3.53. The number of ether oxygens (including phenoxy) is 2. The second-order valence-corrected chi connectivity index (χ2v) is 6.40. The number of hydrogen-bond acceptors (Lipinski definition) is 5. The van der Waals surface area contributed by atoms with E-state index in [1.165, 1.54) is 0 Å². The second kappa shape index (κ2) is 10.4. The number of rotatable bonds is 7. The Kier molecular flexibility index (Phi) is 8.15. The first-order valence-corrected chi connectivity index (χ1v) is 8.77. The van der Waals surface area contributed by atoms with Crippen LogP contribution in [0.15, 0.2) is 30.3 Å². The zero-order valence-corrected chi connectivity index (χ0v) is 15.5. The molecule has 2 fully saturated rings. The number of nitrogens with one attached hydrogen (secondary N) is 2. The Morgan fingerprint density at radius 2 is 2.15 bits per heavy atom. The van der Waals surface area contributed by atoms with Crippen LogP contribution in [0.1, 0.15) is 12.8 Å². The normalized spacial score (nSPS) is 22.6. The molecule has 26 heavy (non-hydrogen) atoms. The molecule has 8 heteroatoms. The third kappa shape index (κ3) is 6.16. The van der Waals surface area contributed by atoms with Crippen LogP contribution in [0.25, 0.3) is 0 Å². The van der Waals surface area contributed by atoms with Gasteiger partial charge in [-0.25, -0.2) is 0 Å². The number of para-hydroxylation sites is 1. The van der Waals surface area contributed by atoms with Crippen LogP contribution >= 0.6 is 12.4 Å². The van der Waals surface area contributed by atoms with Crippen molar-refractivity contribution in [3.63, 3.8) is 0 Å². The van der Waals surface area contributed by atoms with Crippen LogP contribution in [0.5, 0.6) is 5.75 Å². The van der Waals surface area contributed by atoms with E-state index in [0.717, 1.165) is 12.3 Å². The van der Waals surface area contributed by atoms with Crippen molar-refractivity contribution in [2.75, 3.05) is 39.5 Å². The maximum Gasteiger partial charge on any atom is 0.224 e. The number of nitrogens with zero attached hydrogens (tertiary/aromatic N) is 1. The highest BCUT2D eigenvalue weighted by Crippen LogP contribution is 2.13. The summed E-state index contributed by atoms with van der Waals surface area (Å²) in [4.78, 5) is 25.9. The van der Waals surface area contributed by atoms with E-state index >= 15 is 0 Å². The van der Waals surface area contributed by atoms with Crippen LogP contribution < -0.4 is 15.4 Å². The maximum absolute atomic E-state index is 12.1. The lowest BCUT2D eigenvalue weighted by Gasteiger charge is -2.24. The monoisotopic (exact) mass is 383 g/mol. The Morgan fingerprint density at radius 3 is 2.88 bits per heavy atom. The first-order valence-electron chi connectivity index (χ1n) is 8.77. The van der Waals surface area contributed by atoms with Crippen LogP contribution in [0.4, 0.5) is 0 Å². The smallest absolute Gasteiger partial charge is 0.224 e. The highest BCUT2D eigenvalue weighted by molar-refractivity contribution is 5.85. The number of benzene rings is 1. The van der Waals surface area contributed by atoms with Gasteiger partial charge in [0.25, 0.3) is 0 Å². The van der Waals surface area contributed by atoms with Gasteiger partial charge in [-0.15, -0.1) is 12.4 Å². The number of halogens is 1. The van der Waals surface area contributed by atoms with Gasteiger partial charge in [0, 0.05) is 32.0 Å². The van der Waals surface area contributed by atoms with Crippen LogP contribution in [0, 0.1) is 0 Å². The molecule has 2 heterocycles. The average Bonchev–Trinajstić information content (AvgIpc) is 2.96. The topological polar surface area (TPSA) is 79.9 Å². The fourth-order valence-electron chi connectivity index (χ4n) is 3.14. The van der Waals surface area contributed by atoms with Crippen molar-refractivity contribution in [2.45, 2.75) is 24.9 Å². The summed E-state index contributed by atoms with van der Waals surface area (Å²) in [5.41, 5.74) is 0. The Morgan fingerprint density at radius 1 is 1.35 bits per heavy atom. The zero-order valence-electron chi connectivity index (χ0n) is 14.7. The molecule has 0 spiro atoms. The zero-order chi connectivity index (χ0) is 17.5. The van der Waals surface area contributed by atoms with Crippen LogP contribution in [-0.2, 0) is 14.3 Å². The maximum atomic E-state index is 12.1. The lowest BCUT2D eigenvalue weighted by Crippen LogP contribution is -2.46. The lowest BCUT2D eigenvalue weighted by atomic mass is 10.1. The molecule has 7 nitrogen and oxygen atoms in total. The van der Waals surface area contributed by atoms with E-state index in [4.69, 9.17) is 9.47 Å². The first kappa shape index (κ1) is 20.5. The minimum atomic E-state index is -0.124. The van der Waals surface area contributed by atoms with E-state index in [1.807, 2.05) is 30.3 Å². The van der Waals surface area contributed by atoms with Crippen LogP contribution in [0.2, 0.25) is 0 Å². The summed E-state index contributed by atoms with van der Waals surface area (Å²) in [7, 11) is 0. The number of carbonyl (C=O) groups excluding carboxylic acids is 2. The van der Waals surface area contributed by atoms with Gasteiger partial charge in [0.15, 0.2) is 0 Å². The molecule has 2 aliphatic rings. The van der Waals surface area contributed by atoms with Crippen molar-refractivity contribution in [3.8, 4) is 5.75 Å². The molecule has 0 aliphatic carbocycles. The molecule has 2 N–H and O–H groups in total. The summed E-state index contributed by atoms with van der Waals surface area (Å²) >= 11 is 0. The third-order valence-electron chi connectivity index (χ3n) is 4.38. The summed E-state index contributed by atoms with van der Waals surface area (Å²) in [6, 6.07) is 9.46. The quantitative estimate of drug-likeness (QED) is 0.720. The van der Waals surface area contributed by atoms with E-state index in [0.29, 0.717) is 45.8 Å². The van der Waals surface area contributed by atoms with Gasteiger partial charge < -0.3 is 25.0 Å². The van der Waals surface area contributed by atoms with Crippen LogP contribution in [-0.4, -0.2) is 68.3 Å². The molecule has 1 aromatic rings. The number of hydrogen-bond donors (Lipinski definition) is 2. The molecule has 0 radical (unpaired) electrons. The van der Waals surface area contributed by atoms with Gasteiger partial charge >= 0.3 is 0 Å². The predicted octanol–water partition coefficient (Wildman–Crippen LogP) is 0.583. The SMILES string of the molecule is Cl.O=C(CC1COCCN1)NC1CC(=O)N(CCOc2ccccc2)C1. The Balaban J connectivity index is 0.00000243. The fraction of sp³-hybridized carbons (Fsp3) is 0.556. The average molecular weight is 384 g/mol. The van der Waals surface area contributed by atoms with E-state index in [1.54, 1.807) is 4.90 Å². The van der Waals surface area contributed by atoms with Crippen molar-refractivity contribution < 1.29 is 19.1 Å². The number of likely N-dealkylation sites (tertiary alicyclic amines) is 1. The molecule has 2 atom stereocenters. The summed E-state index contributed by atoms with van der Waals surface area (Å²) < 4.78 is 11.0. The summed E-state index contributed by atoms with van der Waals surface area (Å²) in [5.74, 6) is 0.811. The molecule has 2 amide bonds. The highest BCUT2D eigenvalue weighted by atomic mass is 35.5. The molecule has 0 aromatic heterocycles. The lowest BCUT2D eigenvalue weighted by molar-refractivity contribution is -0.128. The van der Waals surface area contributed by atoms with Gasteiger partial charge in [-0.05, 0) is 12.1 Å². The van der Waals surface area contributed by atoms with Crippen molar-refractivity contribution in [1.82, 2.24) is 15.5 Å². The Bertz CT molecular complexity index is 581. The first-order chi connectivity index (χ1) is 12.2. The van der Waals surface area contributed by atoms with E-state index in [-0.39, 0.29) is 36.3 Å². The molecule has 2 aliphatic heterocycles. The molecule has 3 rings (SSSR count). The minimum Gasteiger partial charge on any atom is -0.492 e. The van der Waals surface area contributed by atoms with Gasteiger partial charge in [-0.3, -0.25) is 9.59 Å². The molecule has 2 unspecified atom stereocenters. The minimum absolute atomic E-state index is 0. The van der Waals surface area contributed by atoms with Gasteiger partial charge in [0.05, 0.1) is 25.8 Å². The summed E-state index contributed by atoms with van der Waals surface area (Å²) in [6.07, 6.45) is 0.730. The number of carbonyl (C=O) groups is 2. The molecular weight excluding hydrogens is 358 g/mol. The Labute approximate surface area is 159 Å². The van der Waals surface area contributed by atoms with Crippen molar-refractivity contribution in [2.24, 2.45) is 0 Å².